The molecule has 4 aliphatic rings. The maximum Gasteiger partial charge on any atom is 0.168 e. The standard InChI is InChI=1S/C15H26N2O2/c1-2-13-11-17(8-5-12(1)16-13)14-3-6-15(7-4-14)18-9-10-19-15/h12-14,16H,1-11H2. The number of fused-ring (bicyclic) bond motifs is 2. The van der Waals surface area contributed by atoms with Crippen molar-refractivity contribution in [1.82, 2.24) is 10.2 Å². The Balaban J connectivity index is 1.36. The van der Waals surface area contributed by atoms with Gasteiger partial charge in [0.2, 0.25) is 0 Å². The number of nitrogens with one attached hydrogen (secondary N) is 1. The summed E-state index contributed by atoms with van der Waals surface area (Å²) in [6.07, 6.45) is 8.79. The molecule has 1 N–H and O–H groups in total. The van der Waals surface area contributed by atoms with E-state index in [1.165, 1.54) is 45.2 Å². The molecule has 19 heavy (non-hydrogen) atoms. The van der Waals surface area contributed by atoms with Crippen molar-refractivity contribution in [1.29, 1.82) is 0 Å². The van der Waals surface area contributed by atoms with Crippen molar-refractivity contribution in [2.45, 2.75) is 68.9 Å². The van der Waals surface area contributed by atoms with Crippen LogP contribution in [0.25, 0.3) is 0 Å². The highest BCUT2D eigenvalue weighted by Crippen LogP contribution is 2.38. The first-order valence-electron chi connectivity index (χ1n) is 8.11. The summed E-state index contributed by atoms with van der Waals surface area (Å²) < 4.78 is 11.7. The Bertz CT molecular complexity index is 320. The number of rotatable bonds is 1. The summed E-state index contributed by atoms with van der Waals surface area (Å²) in [4.78, 5) is 2.75. The zero-order valence-electron chi connectivity index (χ0n) is 11.8. The third-order valence-corrected chi connectivity index (χ3v) is 5.60. The van der Waals surface area contributed by atoms with Gasteiger partial charge in [0.05, 0.1) is 13.2 Å². The van der Waals surface area contributed by atoms with Gasteiger partial charge < -0.3 is 14.8 Å². The van der Waals surface area contributed by atoms with Gasteiger partial charge in [0.15, 0.2) is 5.79 Å². The van der Waals surface area contributed by atoms with Crippen molar-refractivity contribution in [2.24, 2.45) is 0 Å². The highest BCUT2D eigenvalue weighted by atomic mass is 16.7. The minimum absolute atomic E-state index is 0.195. The summed E-state index contributed by atoms with van der Waals surface area (Å²) in [5.74, 6) is -0.195. The lowest BCUT2D eigenvalue weighted by molar-refractivity contribution is -0.184. The molecule has 1 aliphatic carbocycles. The molecule has 4 rings (SSSR count). The molecule has 2 atom stereocenters. The molecule has 0 amide bonds. The molecule has 2 unspecified atom stereocenters. The van der Waals surface area contributed by atoms with Gasteiger partial charge in [-0.3, -0.25) is 4.90 Å². The largest absolute Gasteiger partial charge is 0.348 e. The van der Waals surface area contributed by atoms with Gasteiger partial charge in [0, 0.05) is 37.5 Å². The summed E-state index contributed by atoms with van der Waals surface area (Å²) in [5, 5.41) is 3.78. The Morgan fingerprint density at radius 3 is 2.42 bits per heavy atom. The van der Waals surface area contributed by atoms with Crippen molar-refractivity contribution in [3.63, 3.8) is 0 Å². The summed E-state index contributed by atoms with van der Waals surface area (Å²) in [6.45, 7) is 4.13. The predicted molar refractivity (Wildman–Crippen MR) is 73.0 cm³/mol. The van der Waals surface area contributed by atoms with Gasteiger partial charge in [0.25, 0.3) is 0 Å². The first-order chi connectivity index (χ1) is 9.33. The van der Waals surface area contributed by atoms with Crippen LogP contribution in [0.5, 0.6) is 0 Å². The maximum atomic E-state index is 5.84. The molecule has 2 bridgehead atoms. The van der Waals surface area contributed by atoms with E-state index >= 15 is 0 Å². The van der Waals surface area contributed by atoms with Gasteiger partial charge in [-0.25, -0.2) is 0 Å². The van der Waals surface area contributed by atoms with E-state index in [0.29, 0.717) is 0 Å². The molecule has 4 nitrogen and oxygen atoms in total. The third kappa shape index (κ3) is 2.44. The Labute approximate surface area is 115 Å². The van der Waals surface area contributed by atoms with Crippen molar-refractivity contribution < 1.29 is 9.47 Å². The molecule has 0 aromatic carbocycles. The van der Waals surface area contributed by atoms with Crippen LogP contribution in [-0.2, 0) is 9.47 Å². The van der Waals surface area contributed by atoms with Crippen LogP contribution in [0.1, 0.15) is 44.9 Å². The molecule has 3 aliphatic heterocycles. The second kappa shape index (κ2) is 4.99. The Kier molecular flexibility index (Phi) is 3.30. The molecule has 1 saturated carbocycles. The average molecular weight is 266 g/mol. The summed E-state index contributed by atoms with van der Waals surface area (Å²) >= 11 is 0. The predicted octanol–water partition coefficient (Wildman–Crippen LogP) is 1.50. The van der Waals surface area contributed by atoms with Crippen LogP contribution in [0.3, 0.4) is 0 Å². The van der Waals surface area contributed by atoms with Crippen molar-refractivity contribution in [2.75, 3.05) is 26.3 Å². The van der Waals surface area contributed by atoms with E-state index < -0.39 is 0 Å². The van der Waals surface area contributed by atoms with Gasteiger partial charge in [-0.1, -0.05) is 0 Å². The van der Waals surface area contributed by atoms with Crippen LogP contribution >= 0.6 is 0 Å². The summed E-state index contributed by atoms with van der Waals surface area (Å²) in [6, 6.07) is 2.31. The quantitative estimate of drug-likeness (QED) is 0.780. The third-order valence-electron chi connectivity index (χ3n) is 5.60. The number of likely N-dealkylation sites (tertiary alicyclic amines) is 1. The second-order valence-electron chi connectivity index (χ2n) is 6.76. The number of hydrogen-bond donors (Lipinski definition) is 1. The molecule has 1 spiro atoms. The van der Waals surface area contributed by atoms with Crippen LogP contribution in [0.15, 0.2) is 0 Å². The molecule has 0 aromatic rings. The van der Waals surface area contributed by atoms with E-state index in [0.717, 1.165) is 44.2 Å². The van der Waals surface area contributed by atoms with Crippen LogP contribution in [-0.4, -0.2) is 55.1 Å². The highest BCUT2D eigenvalue weighted by Gasteiger charge is 2.42. The molecule has 4 heteroatoms. The van der Waals surface area contributed by atoms with Crippen molar-refractivity contribution >= 4 is 0 Å². The maximum absolute atomic E-state index is 5.84. The van der Waals surface area contributed by atoms with Crippen molar-refractivity contribution in [3.05, 3.63) is 0 Å². The Morgan fingerprint density at radius 1 is 0.895 bits per heavy atom. The molecule has 108 valence electrons. The molecule has 3 saturated heterocycles. The summed E-state index contributed by atoms with van der Waals surface area (Å²) in [5.41, 5.74) is 0. The lowest BCUT2D eigenvalue weighted by Gasteiger charge is -2.41. The Hall–Kier alpha value is -0.160. The van der Waals surface area contributed by atoms with E-state index in [1.54, 1.807) is 0 Å². The second-order valence-corrected chi connectivity index (χ2v) is 6.76. The first-order valence-corrected chi connectivity index (χ1v) is 8.11. The smallest absolute Gasteiger partial charge is 0.168 e. The van der Waals surface area contributed by atoms with Crippen molar-refractivity contribution in [3.8, 4) is 0 Å². The lowest BCUT2D eigenvalue weighted by Crippen LogP contribution is -2.47. The zero-order valence-corrected chi connectivity index (χ0v) is 11.8. The number of hydrogen-bond acceptors (Lipinski definition) is 4. The van der Waals surface area contributed by atoms with E-state index in [1.807, 2.05) is 0 Å². The van der Waals surface area contributed by atoms with Crippen LogP contribution in [0.4, 0.5) is 0 Å². The number of nitrogens with zero attached hydrogens (tertiary/aromatic N) is 1. The van der Waals surface area contributed by atoms with Crippen LogP contribution in [0.2, 0.25) is 0 Å². The van der Waals surface area contributed by atoms with Gasteiger partial charge in [-0.2, -0.15) is 0 Å². The van der Waals surface area contributed by atoms with E-state index in [9.17, 15) is 0 Å². The number of ether oxygens (including phenoxy) is 2. The van der Waals surface area contributed by atoms with Gasteiger partial charge in [0.1, 0.15) is 0 Å². The van der Waals surface area contributed by atoms with Crippen LogP contribution < -0.4 is 5.32 Å². The molecule has 0 aromatic heterocycles. The Morgan fingerprint density at radius 2 is 1.63 bits per heavy atom. The first kappa shape index (κ1) is 12.6. The molecular formula is C15H26N2O2. The summed E-state index contributed by atoms with van der Waals surface area (Å²) in [7, 11) is 0. The highest BCUT2D eigenvalue weighted by molar-refractivity contribution is 4.93. The minimum atomic E-state index is -0.195. The van der Waals surface area contributed by atoms with Gasteiger partial charge in [-0.05, 0) is 38.6 Å². The molecule has 3 heterocycles. The fraction of sp³-hybridized carbons (Fsp3) is 1.00. The fourth-order valence-corrected chi connectivity index (χ4v) is 4.49. The molecule has 4 fully saturated rings. The van der Waals surface area contributed by atoms with E-state index in [2.05, 4.69) is 10.2 Å². The molecular weight excluding hydrogens is 240 g/mol. The molecule has 0 radical (unpaired) electrons. The average Bonchev–Trinajstić information content (AvgIpc) is 2.99. The zero-order chi connectivity index (χ0) is 12.7. The topological polar surface area (TPSA) is 33.7 Å². The van der Waals surface area contributed by atoms with E-state index in [-0.39, 0.29) is 5.79 Å². The lowest BCUT2D eigenvalue weighted by atomic mass is 9.88. The normalized spacial score (nSPS) is 39.8. The monoisotopic (exact) mass is 266 g/mol. The minimum Gasteiger partial charge on any atom is -0.348 e. The van der Waals surface area contributed by atoms with Gasteiger partial charge in [-0.15, -0.1) is 0 Å². The van der Waals surface area contributed by atoms with E-state index in [4.69, 9.17) is 9.47 Å². The van der Waals surface area contributed by atoms with Gasteiger partial charge >= 0.3 is 0 Å². The fourth-order valence-electron chi connectivity index (χ4n) is 4.49. The van der Waals surface area contributed by atoms with Crippen LogP contribution in [0, 0.1) is 0 Å². The SMILES string of the molecule is C1COC2(CCC(N3CCC4CCC(C3)N4)CC2)O1.